The van der Waals surface area contributed by atoms with E-state index >= 15 is 0 Å². The number of benzene rings is 1. The Balaban J connectivity index is 2.97. The standard InChI is InChI=1S/C15H24FN/c1-11(2)15(4,10-17-5)9-13-8-14(16)7-6-12(13)3/h6-8,11,17H,9-10H2,1-5H3. The van der Waals surface area contributed by atoms with Gasteiger partial charge in [-0.3, -0.25) is 0 Å². The molecule has 1 aromatic rings. The van der Waals surface area contributed by atoms with Crippen molar-refractivity contribution in [3.63, 3.8) is 0 Å². The molecule has 0 spiro atoms. The van der Waals surface area contributed by atoms with E-state index in [4.69, 9.17) is 0 Å². The zero-order valence-electron chi connectivity index (χ0n) is 11.6. The molecule has 0 saturated heterocycles. The van der Waals surface area contributed by atoms with Crippen LogP contribution in [0.25, 0.3) is 0 Å². The molecule has 1 aromatic carbocycles. The summed E-state index contributed by atoms with van der Waals surface area (Å²) in [6.45, 7) is 9.71. The van der Waals surface area contributed by atoms with Crippen LogP contribution in [-0.4, -0.2) is 13.6 Å². The number of hydrogen-bond acceptors (Lipinski definition) is 1. The third-order valence-electron chi connectivity index (χ3n) is 3.88. The molecule has 96 valence electrons. The van der Waals surface area contributed by atoms with Crippen LogP contribution < -0.4 is 5.32 Å². The Hall–Kier alpha value is -0.890. The van der Waals surface area contributed by atoms with Crippen molar-refractivity contribution in [2.75, 3.05) is 13.6 Å². The van der Waals surface area contributed by atoms with Gasteiger partial charge in [-0.2, -0.15) is 0 Å². The largest absolute Gasteiger partial charge is 0.319 e. The van der Waals surface area contributed by atoms with Crippen LogP contribution in [0.15, 0.2) is 18.2 Å². The summed E-state index contributed by atoms with van der Waals surface area (Å²) in [4.78, 5) is 0. The van der Waals surface area contributed by atoms with E-state index in [0.717, 1.165) is 18.5 Å². The van der Waals surface area contributed by atoms with Crippen molar-refractivity contribution in [3.05, 3.63) is 35.1 Å². The molecule has 17 heavy (non-hydrogen) atoms. The Morgan fingerprint density at radius 1 is 1.35 bits per heavy atom. The Morgan fingerprint density at radius 2 is 2.00 bits per heavy atom. The highest BCUT2D eigenvalue weighted by Crippen LogP contribution is 2.31. The molecule has 0 saturated carbocycles. The lowest BCUT2D eigenvalue weighted by atomic mass is 9.73. The number of aryl methyl sites for hydroxylation is 1. The summed E-state index contributed by atoms with van der Waals surface area (Å²) in [7, 11) is 1.97. The minimum Gasteiger partial charge on any atom is -0.319 e. The van der Waals surface area contributed by atoms with Gasteiger partial charge in [0.15, 0.2) is 0 Å². The predicted molar refractivity (Wildman–Crippen MR) is 71.7 cm³/mol. The Kier molecular flexibility index (Phi) is 4.70. The second-order valence-corrected chi connectivity index (χ2v) is 5.59. The zero-order valence-corrected chi connectivity index (χ0v) is 11.6. The third kappa shape index (κ3) is 3.53. The van der Waals surface area contributed by atoms with Crippen LogP contribution in [0, 0.1) is 24.1 Å². The average molecular weight is 237 g/mol. The van der Waals surface area contributed by atoms with Gasteiger partial charge in [0.2, 0.25) is 0 Å². The van der Waals surface area contributed by atoms with Crippen molar-refractivity contribution in [2.24, 2.45) is 11.3 Å². The molecule has 1 N–H and O–H groups in total. The third-order valence-corrected chi connectivity index (χ3v) is 3.88. The van der Waals surface area contributed by atoms with E-state index in [-0.39, 0.29) is 11.2 Å². The van der Waals surface area contributed by atoms with Gasteiger partial charge in [0.05, 0.1) is 0 Å². The van der Waals surface area contributed by atoms with Crippen LogP contribution in [0.4, 0.5) is 4.39 Å². The van der Waals surface area contributed by atoms with Crippen molar-refractivity contribution in [1.82, 2.24) is 5.32 Å². The monoisotopic (exact) mass is 237 g/mol. The molecule has 0 bridgehead atoms. The first-order valence-corrected chi connectivity index (χ1v) is 6.28. The molecule has 1 atom stereocenters. The Bertz CT molecular complexity index is 373. The van der Waals surface area contributed by atoms with Crippen LogP contribution in [0.1, 0.15) is 31.9 Å². The Morgan fingerprint density at radius 3 is 2.53 bits per heavy atom. The summed E-state index contributed by atoms with van der Waals surface area (Å²) in [5.74, 6) is 0.416. The van der Waals surface area contributed by atoms with Gasteiger partial charge in [-0.25, -0.2) is 4.39 Å². The van der Waals surface area contributed by atoms with E-state index in [2.05, 4.69) is 33.0 Å². The Labute approximate surface area is 104 Å². The maximum Gasteiger partial charge on any atom is 0.123 e. The topological polar surface area (TPSA) is 12.0 Å². The molecule has 0 amide bonds. The maximum absolute atomic E-state index is 13.3. The maximum atomic E-state index is 13.3. The molecule has 1 nitrogen and oxygen atoms in total. The van der Waals surface area contributed by atoms with Crippen molar-refractivity contribution >= 4 is 0 Å². The minimum absolute atomic E-state index is 0.138. The second kappa shape index (κ2) is 5.63. The highest BCUT2D eigenvalue weighted by molar-refractivity contribution is 5.27. The van der Waals surface area contributed by atoms with Crippen LogP contribution >= 0.6 is 0 Å². The van der Waals surface area contributed by atoms with Crippen LogP contribution in [0.3, 0.4) is 0 Å². The number of nitrogens with one attached hydrogen (secondary N) is 1. The second-order valence-electron chi connectivity index (χ2n) is 5.59. The van der Waals surface area contributed by atoms with Gasteiger partial charge >= 0.3 is 0 Å². The highest BCUT2D eigenvalue weighted by atomic mass is 19.1. The lowest BCUT2D eigenvalue weighted by Crippen LogP contribution is -2.36. The van der Waals surface area contributed by atoms with E-state index in [1.807, 2.05) is 13.1 Å². The zero-order chi connectivity index (χ0) is 13.1. The average Bonchev–Trinajstić information content (AvgIpc) is 2.23. The van der Waals surface area contributed by atoms with Gasteiger partial charge < -0.3 is 5.32 Å². The first kappa shape index (κ1) is 14.2. The lowest BCUT2D eigenvalue weighted by Gasteiger charge is -2.34. The molecule has 0 aliphatic heterocycles. The summed E-state index contributed by atoms with van der Waals surface area (Å²) < 4.78 is 13.3. The fourth-order valence-electron chi connectivity index (χ4n) is 2.14. The first-order valence-electron chi connectivity index (χ1n) is 6.28. The fourth-order valence-corrected chi connectivity index (χ4v) is 2.14. The SMILES string of the molecule is CNCC(C)(Cc1cc(F)ccc1C)C(C)C. The normalized spacial score (nSPS) is 15.0. The fraction of sp³-hybridized carbons (Fsp3) is 0.600. The van der Waals surface area contributed by atoms with Crippen LogP contribution in [0.2, 0.25) is 0 Å². The van der Waals surface area contributed by atoms with Crippen molar-refractivity contribution < 1.29 is 4.39 Å². The molecular weight excluding hydrogens is 213 g/mol. The summed E-state index contributed by atoms with van der Waals surface area (Å²) >= 11 is 0. The molecule has 0 aliphatic carbocycles. The summed E-state index contributed by atoms with van der Waals surface area (Å²) in [6, 6.07) is 5.07. The molecule has 0 heterocycles. The number of rotatable bonds is 5. The van der Waals surface area contributed by atoms with E-state index in [0.29, 0.717) is 5.92 Å². The lowest BCUT2D eigenvalue weighted by molar-refractivity contribution is 0.212. The van der Waals surface area contributed by atoms with Gasteiger partial charge in [-0.05, 0) is 55.0 Å². The molecule has 0 fully saturated rings. The first-order chi connectivity index (χ1) is 7.89. The molecule has 0 radical (unpaired) electrons. The van der Waals surface area contributed by atoms with Gasteiger partial charge in [0.25, 0.3) is 0 Å². The molecule has 1 rings (SSSR count). The molecule has 0 aromatic heterocycles. The summed E-state index contributed by atoms with van der Waals surface area (Å²) in [5.41, 5.74) is 2.46. The smallest absolute Gasteiger partial charge is 0.123 e. The molecule has 0 aliphatic rings. The van der Waals surface area contributed by atoms with Gasteiger partial charge in [-0.1, -0.05) is 26.8 Å². The quantitative estimate of drug-likeness (QED) is 0.825. The van der Waals surface area contributed by atoms with E-state index < -0.39 is 0 Å². The number of hydrogen-bond donors (Lipinski definition) is 1. The van der Waals surface area contributed by atoms with E-state index in [1.165, 1.54) is 11.6 Å². The predicted octanol–water partition coefficient (Wildman–Crippen LogP) is 3.56. The summed E-state index contributed by atoms with van der Waals surface area (Å²) in [6.07, 6.45) is 0.912. The van der Waals surface area contributed by atoms with Crippen LogP contribution in [0.5, 0.6) is 0 Å². The van der Waals surface area contributed by atoms with Gasteiger partial charge in [0, 0.05) is 6.54 Å². The molecular formula is C15H24FN. The van der Waals surface area contributed by atoms with Crippen molar-refractivity contribution in [2.45, 2.75) is 34.1 Å². The van der Waals surface area contributed by atoms with Crippen molar-refractivity contribution in [1.29, 1.82) is 0 Å². The van der Waals surface area contributed by atoms with Gasteiger partial charge in [0.1, 0.15) is 5.82 Å². The van der Waals surface area contributed by atoms with E-state index in [1.54, 1.807) is 6.07 Å². The summed E-state index contributed by atoms with van der Waals surface area (Å²) in [5, 5.41) is 3.25. The number of halogens is 1. The highest BCUT2D eigenvalue weighted by Gasteiger charge is 2.28. The van der Waals surface area contributed by atoms with Gasteiger partial charge in [-0.15, -0.1) is 0 Å². The molecule has 1 unspecified atom stereocenters. The minimum atomic E-state index is -0.138. The van der Waals surface area contributed by atoms with Crippen molar-refractivity contribution in [3.8, 4) is 0 Å². The molecule has 2 heteroatoms. The van der Waals surface area contributed by atoms with Crippen LogP contribution in [-0.2, 0) is 6.42 Å². The van der Waals surface area contributed by atoms with E-state index in [9.17, 15) is 4.39 Å².